The van der Waals surface area contributed by atoms with Crippen molar-refractivity contribution in [3.05, 3.63) is 60.7 Å². The molecule has 0 radical (unpaired) electrons. The number of aromatic nitrogens is 1. The number of hydrogen-bond acceptors (Lipinski definition) is 4. The summed E-state index contributed by atoms with van der Waals surface area (Å²) in [6.45, 7) is 0. The molecule has 102 valence electrons. The van der Waals surface area contributed by atoms with Gasteiger partial charge in [-0.1, -0.05) is 72.4 Å². The molecule has 4 heteroatoms. The number of hydrogen-bond donors (Lipinski definition) is 0. The first-order chi connectivity index (χ1) is 10.4. The number of benzene rings is 2. The van der Waals surface area contributed by atoms with Crippen LogP contribution in [0, 0.1) is 11.3 Å². The maximum absolute atomic E-state index is 8.74. The molecular formula is C17H12N2S2. The van der Waals surface area contributed by atoms with Crippen LogP contribution in [0.15, 0.2) is 65.0 Å². The van der Waals surface area contributed by atoms with E-state index in [2.05, 4.69) is 30.3 Å². The second-order valence-corrected chi connectivity index (χ2v) is 6.56. The zero-order chi connectivity index (χ0) is 14.5. The Kier molecular flexibility index (Phi) is 4.34. The summed E-state index contributed by atoms with van der Waals surface area (Å²) >= 11 is 3.14. The highest BCUT2D eigenvalue weighted by Crippen LogP contribution is 2.39. The van der Waals surface area contributed by atoms with Gasteiger partial charge in [-0.15, -0.1) is 11.3 Å². The summed E-state index contributed by atoms with van der Waals surface area (Å²) in [5, 5.41) is 8.74. The zero-order valence-corrected chi connectivity index (χ0v) is 12.8. The summed E-state index contributed by atoms with van der Waals surface area (Å²) in [7, 11) is 0. The van der Waals surface area contributed by atoms with Crippen molar-refractivity contribution in [3.8, 4) is 27.8 Å². The molecule has 3 rings (SSSR count). The molecule has 0 aliphatic rings. The highest BCUT2D eigenvalue weighted by molar-refractivity contribution is 8.01. The van der Waals surface area contributed by atoms with Crippen LogP contribution < -0.4 is 0 Å². The van der Waals surface area contributed by atoms with Gasteiger partial charge in [-0.25, -0.2) is 4.98 Å². The Hall–Kier alpha value is -2.09. The molecule has 0 saturated heterocycles. The highest BCUT2D eigenvalue weighted by atomic mass is 32.2. The third-order valence-electron chi connectivity index (χ3n) is 2.95. The third kappa shape index (κ3) is 3.15. The standard InChI is InChI=1S/C17H12N2S2/c18-11-12-20-17-19-15(13-7-3-1-4-8-13)16(21-17)14-9-5-2-6-10-14/h1-10H,12H2. The monoisotopic (exact) mass is 308 g/mol. The normalized spacial score (nSPS) is 10.2. The molecule has 0 atom stereocenters. The van der Waals surface area contributed by atoms with E-state index < -0.39 is 0 Å². The van der Waals surface area contributed by atoms with Crippen molar-refractivity contribution in [1.29, 1.82) is 5.26 Å². The fourth-order valence-corrected chi connectivity index (χ4v) is 3.87. The number of nitrogens with zero attached hydrogens (tertiary/aromatic N) is 2. The predicted molar refractivity (Wildman–Crippen MR) is 89.3 cm³/mol. The zero-order valence-electron chi connectivity index (χ0n) is 11.2. The van der Waals surface area contributed by atoms with E-state index in [0.717, 1.165) is 26.0 Å². The van der Waals surface area contributed by atoms with Gasteiger partial charge >= 0.3 is 0 Å². The second kappa shape index (κ2) is 6.57. The summed E-state index contributed by atoms with van der Waals surface area (Å²) in [6.07, 6.45) is 0. The van der Waals surface area contributed by atoms with Gasteiger partial charge in [-0.2, -0.15) is 5.26 Å². The van der Waals surface area contributed by atoms with Gasteiger partial charge in [0.15, 0.2) is 4.34 Å². The van der Waals surface area contributed by atoms with Crippen LogP contribution in [0.25, 0.3) is 21.7 Å². The summed E-state index contributed by atoms with van der Waals surface area (Å²) in [5.41, 5.74) is 3.27. The number of thioether (sulfide) groups is 1. The first-order valence-corrected chi connectivity index (χ1v) is 8.30. The van der Waals surface area contributed by atoms with Crippen molar-refractivity contribution in [1.82, 2.24) is 4.98 Å². The molecule has 0 spiro atoms. The van der Waals surface area contributed by atoms with Gasteiger partial charge in [-0.3, -0.25) is 0 Å². The smallest absolute Gasteiger partial charge is 0.152 e. The van der Waals surface area contributed by atoms with E-state index in [-0.39, 0.29) is 0 Å². The lowest BCUT2D eigenvalue weighted by molar-refractivity contribution is 1.25. The van der Waals surface area contributed by atoms with E-state index >= 15 is 0 Å². The van der Waals surface area contributed by atoms with Gasteiger partial charge in [0, 0.05) is 5.56 Å². The Morgan fingerprint density at radius 2 is 1.57 bits per heavy atom. The lowest BCUT2D eigenvalue weighted by Gasteiger charge is -2.02. The van der Waals surface area contributed by atoms with Crippen molar-refractivity contribution in [3.63, 3.8) is 0 Å². The molecule has 2 aromatic carbocycles. The van der Waals surface area contributed by atoms with E-state index in [4.69, 9.17) is 10.2 Å². The number of rotatable bonds is 4. The van der Waals surface area contributed by atoms with E-state index in [0.29, 0.717) is 5.75 Å². The number of nitriles is 1. The van der Waals surface area contributed by atoms with Crippen LogP contribution in [-0.4, -0.2) is 10.7 Å². The Morgan fingerprint density at radius 3 is 2.19 bits per heavy atom. The van der Waals surface area contributed by atoms with Gasteiger partial charge in [0.05, 0.1) is 22.4 Å². The Balaban J connectivity index is 2.09. The average molecular weight is 308 g/mol. The van der Waals surface area contributed by atoms with Crippen LogP contribution in [0.3, 0.4) is 0 Å². The first kappa shape index (κ1) is 13.9. The van der Waals surface area contributed by atoms with Crippen LogP contribution in [0.4, 0.5) is 0 Å². The van der Waals surface area contributed by atoms with Crippen LogP contribution in [0.5, 0.6) is 0 Å². The Morgan fingerprint density at radius 1 is 0.952 bits per heavy atom. The molecule has 0 aliphatic heterocycles. The molecule has 0 amide bonds. The van der Waals surface area contributed by atoms with Crippen molar-refractivity contribution >= 4 is 23.1 Å². The minimum Gasteiger partial charge on any atom is -0.229 e. The lowest BCUT2D eigenvalue weighted by atomic mass is 10.1. The fourth-order valence-electron chi connectivity index (χ4n) is 2.03. The van der Waals surface area contributed by atoms with E-state index in [1.807, 2.05) is 36.4 Å². The summed E-state index contributed by atoms with van der Waals surface area (Å²) in [5.74, 6) is 0.427. The average Bonchev–Trinajstić information content (AvgIpc) is 2.99. The summed E-state index contributed by atoms with van der Waals surface area (Å²) < 4.78 is 0.939. The topological polar surface area (TPSA) is 36.7 Å². The highest BCUT2D eigenvalue weighted by Gasteiger charge is 2.14. The van der Waals surface area contributed by atoms with Gasteiger partial charge in [-0.05, 0) is 5.56 Å². The second-order valence-electron chi connectivity index (χ2n) is 4.34. The molecule has 0 N–H and O–H groups in total. The maximum atomic E-state index is 8.74. The van der Waals surface area contributed by atoms with Crippen molar-refractivity contribution in [2.45, 2.75) is 4.34 Å². The van der Waals surface area contributed by atoms with E-state index in [9.17, 15) is 0 Å². The molecule has 1 aromatic heterocycles. The minimum absolute atomic E-state index is 0.427. The molecule has 3 aromatic rings. The largest absolute Gasteiger partial charge is 0.229 e. The van der Waals surface area contributed by atoms with Crippen molar-refractivity contribution < 1.29 is 0 Å². The van der Waals surface area contributed by atoms with Crippen LogP contribution in [0.2, 0.25) is 0 Å². The quantitative estimate of drug-likeness (QED) is 0.630. The SMILES string of the molecule is N#CCSc1nc(-c2ccccc2)c(-c2ccccc2)s1. The molecule has 0 aliphatic carbocycles. The van der Waals surface area contributed by atoms with Crippen molar-refractivity contribution in [2.75, 3.05) is 5.75 Å². The van der Waals surface area contributed by atoms with Crippen LogP contribution in [0.1, 0.15) is 0 Å². The molecule has 0 saturated carbocycles. The Labute approximate surface area is 132 Å². The summed E-state index contributed by atoms with van der Waals surface area (Å²) in [4.78, 5) is 5.88. The van der Waals surface area contributed by atoms with E-state index in [1.54, 1.807) is 11.3 Å². The van der Waals surface area contributed by atoms with Crippen molar-refractivity contribution in [2.24, 2.45) is 0 Å². The van der Waals surface area contributed by atoms with Gasteiger partial charge in [0.2, 0.25) is 0 Å². The molecule has 0 fully saturated rings. The molecule has 0 bridgehead atoms. The summed E-state index contributed by atoms with van der Waals surface area (Å²) in [6, 6.07) is 22.6. The molecule has 2 nitrogen and oxygen atoms in total. The van der Waals surface area contributed by atoms with Gasteiger partial charge in [0.1, 0.15) is 0 Å². The van der Waals surface area contributed by atoms with Gasteiger partial charge < -0.3 is 0 Å². The predicted octanol–water partition coefficient (Wildman–Crippen LogP) is 5.09. The third-order valence-corrected chi connectivity index (χ3v) is 5.07. The van der Waals surface area contributed by atoms with Gasteiger partial charge in [0.25, 0.3) is 0 Å². The van der Waals surface area contributed by atoms with Crippen LogP contribution in [-0.2, 0) is 0 Å². The molecule has 1 heterocycles. The first-order valence-electron chi connectivity index (χ1n) is 6.50. The molecule has 21 heavy (non-hydrogen) atoms. The molecular weight excluding hydrogens is 296 g/mol. The maximum Gasteiger partial charge on any atom is 0.152 e. The fraction of sp³-hybridized carbons (Fsp3) is 0.0588. The van der Waals surface area contributed by atoms with E-state index in [1.165, 1.54) is 11.8 Å². The lowest BCUT2D eigenvalue weighted by Crippen LogP contribution is -1.81. The van der Waals surface area contributed by atoms with Crippen LogP contribution >= 0.6 is 23.1 Å². The molecule has 0 unspecified atom stereocenters. The number of thiazole rings is 1. The Bertz CT molecular complexity index is 701. The minimum atomic E-state index is 0.427.